The molecule has 2 aromatic heterocycles. The molecule has 3 heterocycles. The Bertz CT molecular complexity index is 1090. The second-order valence-electron chi connectivity index (χ2n) is 8.60. The van der Waals surface area contributed by atoms with E-state index in [2.05, 4.69) is 20.5 Å². The van der Waals surface area contributed by atoms with Crippen LogP contribution in [0.1, 0.15) is 33.1 Å². The lowest BCUT2D eigenvalue weighted by Gasteiger charge is -2.25. The van der Waals surface area contributed by atoms with E-state index in [0.29, 0.717) is 46.4 Å². The minimum Gasteiger partial charge on any atom is -0.467 e. The number of aromatic nitrogens is 3. The van der Waals surface area contributed by atoms with Gasteiger partial charge < -0.3 is 19.2 Å². The first kappa shape index (κ1) is 21.2. The van der Waals surface area contributed by atoms with E-state index in [1.807, 2.05) is 32.9 Å². The lowest BCUT2D eigenvalue weighted by atomic mass is 10.1. The molecule has 0 radical (unpaired) electrons. The summed E-state index contributed by atoms with van der Waals surface area (Å²) >= 11 is 0. The monoisotopic (exact) mass is 425 g/mol. The molecule has 3 aromatic rings. The third kappa shape index (κ3) is 4.52. The third-order valence-electron chi connectivity index (χ3n) is 4.94. The Morgan fingerprint density at radius 2 is 2.06 bits per heavy atom. The largest absolute Gasteiger partial charge is 0.467 e. The molecule has 1 aliphatic rings. The number of ether oxygens (including phenoxy) is 2. The lowest BCUT2D eigenvalue weighted by Crippen LogP contribution is -2.47. The van der Waals surface area contributed by atoms with Gasteiger partial charge in [0.2, 0.25) is 5.91 Å². The molecule has 1 aromatic carbocycles. The van der Waals surface area contributed by atoms with Gasteiger partial charge in [-0.05, 0) is 45.4 Å². The van der Waals surface area contributed by atoms with Crippen LogP contribution in [0.3, 0.4) is 0 Å². The summed E-state index contributed by atoms with van der Waals surface area (Å²) in [7, 11) is 1.56. The number of oxazole rings is 1. The molecule has 1 unspecified atom stereocenters. The SMILES string of the molecule is COCOc1cc2nc(C)oc2cc1-c1ccc(N2CCC(NC(C)(C)C)C2=O)nn1. The van der Waals surface area contributed by atoms with Crippen LogP contribution >= 0.6 is 0 Å². The summed E-state index contributed by atoms with van der Waals surface area (Å²) < 4.78 is 16.4. The number of benzene rings is 1. The number of nitrogens with one attached hydrogen (secondary N) is 1. The normalized spacial score (nSPS) is 17.0. The van der Waals surface area contributed by atoms with Gasteiger partial charge in [-0.25, -0.2) is 4.98 Å². The first-order valence-electron chi connectivity index (χ1n) is 10.2. The van der Waals surface area contributed by atoms with Crippen molar-refractivity contribution in [3.63, 3.8) is 0 Å². The fourth-order valence-electron chi connectivity index (χ4n) is 3.69. The van der Waals surface area contributed by atoms with E-state index in [4.69, 9.17) is 13.9 Å². The Labute approximate surface area is 180 Å². The molecule has 1 fully saturated rings. The third-order valence-corrected chi connectivity index (χ3v) is 4.94. The minimum absolute atomic E-state index is 0.0136. The van der Waals surface area contributed by atoms with E-state index in [1.165, 1.54) is 0 Å². The second kappa shape index (κ2) is 8.24. The maximum Gasteiger partial charge on any atom is 0.245 e. The van der Waals surface area contributed by atoms with Gasteiger partial charge in [-0.1, -0.05) is 0 Å². The number of carbonyl (C=O) groups is 1. The van der Waals surface area contributed by atoms with Crippen molar-refractivity contribution in [1.82, 2.24) is 20.5 Å². The molecule has 0 aliphatic carbocycles. The van der Waals surface area contributed by atoms with Gasteiger partial charge in [-0.15, -0.1) is 10.2 Å². The van der Waals surface area contributed by atoms with E-state index in [0.717, 1.165) is 6.42 Å². The number of hydrogen-bond acceptors (Lipinski definition) is 8. The second-order valence-corrected chi connectivity index (χ2v) is 8.60. The van der Waals surface area contributed by atoms with Crippen molar-refractivity contribution in [2.45, 2.75) is 45.7 Å². The molecule has 1 atom stereocenters. The van der Waals surface area contributed by atoms with Crippen molar-refractivity contribution in [3.05, 3.63) is 30.2 Å². The number of rotatable bonds is 6. The highest BCUT2D eigenvalue weighted by molar-refractivity contribution is 5.98. The number of nitrogens with zero attached hydrogens (tertiary/aromatic N) is 4. The van der Waals surface area contributed by atoms with Crippen molar-refractivity contribution in [3.8, 4) is 17.0 Å². The molecule has 1 amide bonds. The van der Waals surface area contributed by atoms with E-state index in [1.54, 1.807) is 31.1 Å². The molecule has 31 heavy (non-hydrogen) atoms. The van der Waals surface area contributed by atoms with Gasteiger partial charge in [0.1, 0.15) is 11.3 Å². The van der Waals surface area contributed by atoms with Gasteiger partial charge in [-0.3, -0.25) is 9.69 Å². The number of hydrogen-bond donors (Lipinski definition) is 1. The molecular formula is C22H27N5O4. The Morgan fingerprint density at radius 3 is 2.74 bits per heavy atom. The molecule has 4 rings (SSSR count). The maximum atomic E-state index is 12.8. The van der Waals surface area contributed by atoms with Crippen molar-refractivity contribution in [1.29, 1.82) is 0 Å². The van der Waals surface area contributed by atoms with Crippen molar-refractivity contribution >= 4 is 22.8 Å². The van der Waals surface area contributed by atoms with Crippen LogP contribution in [0.4, 0.5) is 5.82 Å². The predicted octanol–water partition coefficient (Wildman–Crippen LogP) is 3.07. The zero-order chi connectivity index (χ0) is 22.2. The molecule has 0 bridgehead atoms. The highest BCUT2D eigenvalue weighted by Crippen LogP contribution is 2.34. The zero-order valence-electron chi connectivity index (χ0n) is 18.4. The van der Waals surface area contributed by atoms with Crippen LogP contribution in [-0.4, -0.2) is 53.1 Å². The molecule has 1 aliphatic heterocycles. The summed E-state index contributed by atoms with van der Waals surface area (Å²) in [5.41, 5.74) is 2.50. The molecule has 164 valence electrons. The van der Waals surface area contributed by atoms with Gasteiger partial charge in [0, 0.05) is 37.7 Å². The van der Waals surface area contributed by atoms with Crippen LogP contribution in [0.2, 0.25) is 0 Å². The average molecular weight is 425 g/mol. The van der Waals surface area contributed by atoms with Gasteiger partial charge in [0.15, 0.2) is 24.1 Å². The molecule has 1 N–H and O–H groups in total. The summed E-state index contributed by atoms with van der Waals surface area (Å²) in [6.45, 7) is 8.63. The Balaban J connectivity index is 1.61. The highest BCUT2D eigenvalue weighted by Gasteiger charge is 2.35. The first-order chi connectivity index (χ1) is 14.7. The average Bonchev–Trinajstić information content (AvgIpc) is 3.25. The molecule has 1 saturated heterocycles. The summed E-state index contributed by atoms with van der Waals surface area (Å²) in [6.07, 6.45) is 0.732. The summed E-state index contributed by atoms with van der Waals surface area (Å²) in [5.74, 6) is 1.68. The molecule has 9 heteroatoms. The fraction of sp³-hybridized carbons (Fsp3) is 0.455. The topological polar surface area (TPSA) is 103 Å². The van der Waals surface area contributed by atoms with E-state index < -0.39 is 0 Å². The Morgan fingerprint density at radius 1 is 1.26 bits per heavy atom. The number of amides is 1. The number of fused-ring (bicyclic) bond motifs is 1. The van der Waals surface area contributed by atoms with Crippen LogP contribution in [0, 0.1) is 6.92 Å². The summed E-state index contributed by atoms with van der Waals surface area (Å²) in [6, 6.07) is 7.03. The summed E-state index contributed by atoms with van der Waals surface area (Å²) in [4.78, 5) is 18.8. The van der Waals surface area contributed by atoms with E-state index in [-0.39, 0.29) is 24.3 Å². The van der Waals surface area contributed by atoms with Crippen LogP contribution in [0.15, 0.2) is 28.7 Å². The first-order valence-corrected chi connectivity index (χ1v) is 10.2. The number of aryl methyl sites for hydroxylation is 1. The van der Waals surface area contributed by atoms with Crippen molar-refractivity contribution < 1.29 is 18.7 Å². The van der Waals surface area contributed by atoms with Crippen LogP contribution < -0.4 is 15.0 Å². The van der Waals surface area contributed by atoms with E-state index >= 15 is 0 Å². The highest BCUT2D eigenvalue weighted by atomic mass is 16.7. The van der Waals surface area contributed by atoms with Gasteiger partial charge in [-0.2, -0.15) is 0 Å². The van der Waals surface area contributed by atoms with Crippen LogP contribution in [0.5, 0.6) is 5.75 Å². The smallest absolute Gasteiger partial charge is 0.245 e. The Hall–Kier alpha value is -3.04. The predicted molar refractivity (Wildman–Crippen MR) is 116 cm³/mol. The van der Waals surface area contributed by atoms with Gasteiger partial charge >= 0.3 is 0 Å². The number of methoxy groups -OCH3 is 1. The van der Waals surface area contributed by atoms with E-state index in [9.17, 15) is 4.79 Å². The van der Waals surface area contributed by atoms with Crippen LogP contribution in [-0.2, 0) is 9.53 Å². The quantitative estimate of drug-likeness (QED) is 0.601. The van der Waals surface area contributed by atoms with Gasteiger partial charge in [0.05, 0.1) is 11.7 Å². The Kier molecular flexibility index (Phi) is 5.63. The van der Waals surface area contributed by atoms with Gasteiger partial charge in [0.25, 0.3) is 0 Å². The van der Waals surface area contributed by atoms with Crippen LogP contribution in [0.25, 0.3) is 22.4 Å². The summed E-state index contributed by atoms with van der Waals surface area (Å²) in [5, 5.41) is 12.0. The standard InChI is InChI=1S/C22H27N5O4/c1-13-23-17-11-18(30-12-29-5)14(10-19(17)31-13)15-6-7-20(26-25-15)27-9-8-16(21(27)28)24-22(2,3)4/h6-7,10-11,16,24H,8-9,12H2,1-5H3. The molecule has 0 saturated carbocycles. The fourth-order valence-corrected chi connectivity index (χ4v) is 3.69. The minimum atomic E-state index is -0.215. The molecular weight excluding hydrogens is 398 g/mol. The van der Waals surface area contributed by atoms with Crippen molar-refractivity contribution in [2.24, 2.45) is 0 Å². The molecule has 0 spiro atoms. The zero-order valence-corrected chi connectivity index (χ0v) is 18.4. The maximum absolute atomic E-state index is 12.8. The number of carbonyl (C=O) groups excluding carboxylic acids is 1. The lowest BCUT2D eigenvalue weighted by molar-refractivity contribution is -0.119. The number of anilines is 1. The molecule has 9 nitrogen and oxygen atoms in total. The van der Waals surface area contributed by atoms with Crippen molar-refractivity contribution in [2.75, 3.05) is 25.3 Å².